The largest absolute Gasteiger partial charge is 0.271 e. The van der Waals surface area contributed by atoms with Crippen LogP contribution in [0.25, 0.3) is 0 Å². The Kier molecular flexibility index (Phi) is 2.58. The Morgan fingerprint density at radius 2 is 1.94 bits per heavy atom. The second-order valence-corrected chi connectivity index (χ2v) is 6.60. The number of aryl methyl sites for hydroxylation is 1. The number of aromatic nitrogens is 2. The summed E-state index contributed by atoms with van der Waals surface area (Å²) < 4.78 is 26.3. The summed E-state index contributed by atoms with van der Waals surface area (Å²) in [4.78, 5) is 0. The molecule has 5 nitrogen and oxygen atoms in total. The van der Waals surface area contributed by atoms with Gasteiger partial charge in [0, 0.05) is 19.2 Å². The van der Waals surface area contributed by atoms with E-state index in [1.54, 1.807) is 4.68 Å². The highest BCUT2D eigenvalue weighted by Crippen LogP contribution is 2.30. The third-order valence-electron chi connectivity index (χ3n) is 2.98. The van der Waals surface area contributed by atoms with Crippen molar-refractivity contribution >= 4 is 10.0 Å². The normalized spacial score (nSPS) is 17.1. The van der Waals surface area contributed by atoms with Crippen molar-refractivity contribution < 1.29 is 8.42 Å². The molecule has 1 aliphatic heterocycles. The van der Waals surface area contributed by atoms with E-state index in [4.69, 9.17) is 0 Å². The number of hydrogen-bond acceptors (Lipinski definition) is 3. The molecule has 1 aromatic heterocycles. The van der Waals surface area contributed by atoms with Crippen molar-refractivity contribution in [3.63, 3.8) is 0 Å². The fourth-order valence-corrected chi connectivity index (χ4v) is 2.81. The fourth-order valence-electron chi connectivity index (χ4n) is 2.09. The van der Waals surface area contributed by atoms with Gasteiger partial charge in [0.25, 0.3) is 0 Å². The number of nitrogens with zero attached hydrogens (tertiary/aromatic N) is 3. The number of fused-ring (bicyclic) bond motifs is 1. The van der Waals surface area contributed by atoms with Crippen molar-refractivity contribution in [1.29, 1.82) is 0 Å². The summed E-state index contributed by atoms with van der Waals surface area (Å²) in [6, 6.07) is 0. The van der Waals surface area contributed by atoms with E-state index in [1.807, 2.05) is 7.05 Å². The van der Waals surface area contributed by atoms with E-state index in [2.05, 4.69) is 18.9 Å². The standard InChI is InChI=1S/C10H17N3O2S/c1-7(2)10-8-5-13(16(4,14)15)6-9(8)12(3)11-10/h7H,5-6H2,1-4H3. The van der Waals surface area contributed by atoms with Crippen LogP contribution >= 0.6 is 0 Å². The van der Waals surface area contributed by atoms with Gasteiger partial charge in [0.15, 0.2) is 0 Å². The zero-order valence-corrected chi connectivity index (χ0v) is 10.9. The molecule has 0 atom stereocenters. The predicted octanol–water partition coefficient (Wildman–Crippen LogP) is 0.819. The zero-order valence-electron chi connectivity index (χ0n) is 10.1. The molecule has 0 saturated carbocycles. The third kappa shape index (κ3) is 1.76. The van der Waals surface area contributed by atoms with Crippen LogP contribution in [0.5, 0.6) is 0 Å². The Hall–Kier alpha value is -0.880. The van der Waals surface area contributed by atoms with Crippen LogP contribution in [0.3, 0.4) is 0 Å². The SMILES string of the molecule is CC(C)c1nn(C)c2c1CN(S(C)(=O)=O)C2. The minimum atomic E-state index is -3.11. The van der Waals surface area contributed by atoms with Crippen molar-refractivity contribution in [3.8, 4) is 0 Å². The highest BCUT2D eigenvalue weighted by atomic mass is 32.2. The van der Waals surface area contributed by atoms with Gasteiger partial charge in [-0.2, -0.15) is 9.40 Å². The maximum Gasteiger partial charge on any atom is 0.211 e. The zero-order chi connectivity index (χ0) is 12.1. The average molecular weight is 243 g/mol. The smallest absolute Gasteiger partial charge is 0.211 e. The summed E-state index contributed by atoms with van der Waals surface area (Å²) in [7, 11) is -1.24. The van der Waals surface area contributed by atoms with Gasteiger partial charge in [0.1, 0.15) is 0 Å². The Morgan fingerprint density at radius 3 is 2.44 bits per heavy atom. The minimum absolute atomic E-state index is 0.328. The first-order valence-electron chi connectivity index (χ1n) is 5.30. The van der Waals surface area contributed by atoms with Gasteiger partial charge in [-0.1, -0.05) is 13.8 Å². The summed E-state index contributed by atoms with van der Waals surface area (Å²) in [6.07, 6.45) is 1.25. The monoisotopic (exact) mass is 243 g/mol. The van der Waals surface area contributed by atoms with E-state index in [1.165, 1.54) is 10.6 Å². The highest BCUT2D eigenvalue weighted by molar-refractivity contribution is 7.88. The first kappa shape index (κ1) is 11.6. The molecule has 90 valence electrons. The molecule has 0 aliphatic carbocycles. The fraction of sp³-hybridized carbons (Fsp3) is 0.700. The molecule has 0 radical (unpaired) electrons. The summed E-state index contributed by atoms with van der Waals surface area (Å²) >= 11 is 0. The number of sulfonamides is 1. The van der Waals surface area contributed by atoms with E-state index in [-0.39, 0.29) is 0 Å². The van der Waals surface area contributed by atoms with Gasteiger partial charge in [-0.15, -0.1) is 0 Å². The van der Waals surface area contributed by atoms with Gasteiger partial charge in [0.05, 0.1) is 24.2 Å². The molecule has 0 bridgehead atoms. The van der Waals surface area contributed by atoms with Gasteiger partial charge < -0.3 is 0 Å². The van der Waals surface area contributed by atoms with Crippen LogP contribution in [-0.4, -0.2) is 28.8 Å². The minimum Gasteiger partial charge on any atom is -0.271 e. The van der Waals surface area contributed by atoms with Crippen LogP contribution in [0.4, 0.5) is 0 Å². The molecule has 0 unspecified atom stereocenters. The first-order chi connectivity index (χ1) is 7.30. The number of hydrogen-bond donors (Lipinski definition) is 0. The molecule has 1 aromatic rings. The molecular weight excluding hydrogens is 226 g/mol. The molecule has 1 aliphatic rings. The highest BCUT2D eigenvalue weighted by Gasteiger charge is 2.32. The van der Waals surface area contributed by atoms with E-state index in [0.717, 1.165) is 17.0 Å². The lowest BCUT2D eigenvalue weighted by Gasteiger charge is -2.12. The van der Waals surface area contributed by atoms with Gasteiger partial charge in [-0.3, -0.25) is 4.68 Å². The molecular formula is C10H17N3O2S. The van der Waals surface area contributed by atoms with Crippen LogP contribution < -0.4 is 0 Å². The Balaban J connectivity index is 2.42. The topological polar surface area (TPSA) is 55.2 Å². The summed E-state index contributed by atoms with van der Waals surface area (Å²) in [5.74, 6) is 0.328. The second kappa shape index (κ2) is 3.56. The second-order valence-electron chi connectivity index (χ2n) is 4.62. The van der Waals surface area contributed by atoms with Crippen molar-refractivity contribution in [2.75, 3.05) is 6.26 Å². The lowest BCUT2D eigenvalue weighted by molar-refractivity contribution is 0.423. The van der Waals surface area contributed by atoms with Gasteiger partial charge in [-0.25, -0.2) is 8.42 Å². The summed E-state index contributed by atoms with van der Waals surface area (Å²) in [5.41, 5.74) is 3.13. The predicted molar refractivity (Wildman–Crippen MR) is 61.4 cm³/mol. The molecule has 0 spiro atoms. The maximum atomic E-state index is 11.5. The van der Waals surface area contributed by atoms with Gasteiger partial charge >= 0.3 is 0 Å². The Labute approximate surface area is 96.1 Å². The molecule has 2 rings (SSSR count). The van der Waals surface area contributed by atoms with E-state index >= 15 is 0 Å². The Morgan fingerprint density at radius 1 is 1.31 bits per heavy atom. The Bertz CT molecular complexity index is 516. The van der Waals surface area contributed by atoms with Crippen LogP contribution in [-0.2, 0) is 30.2 Å². The van der Waals surface area contributed by atoms with Crippen molar-refractivity contribution in [1.82, 2.24) is 14.1 Å². The molecule has 6 heteroatoms. The molecule has 0 aromatic carbocycles. The first-order valence-corrected chi connectivity index (χ1v) is 7.15. The van der Waals surface area contributed by atoms with Crippen LogP contribution in [0.1, 0.15) is 36.7 Å². The van der Waals surface area contributed by atoms with Crippen LogP contribution in [0.15, 0.2) is 0 Å². The van der Waals surface area contributed by atoms with Crippen molar-refractivity contribution in [2.45, 2.75) is 32.9 Å². The lowest BCUT2D eigenvalue weighted by atomic mass is 10.1. The quantitative estimate of drug-likeness (QED) is 0.772. The molecule has 16 heavy (non-hydrogen) atoms. The average Bonchev–Trinajstić information content (AvgIpc) is 2.65. The molecule has 0 amide bonds. The number of rotatable bonds is 2. The molecule has 0 saturated heterocycles. The van der Waals surface area contributed by atoms with E-state index in [0.29, 0.717) is 19.0 Å². The van der Waals surface area contributed by atoms with Gasteiger partial charge in [0.2, 0.25) is 10.0 Å². The summed E-state index contributed by atoms with van der Waals surface area (Å²) in [5, 5.41) is 4.44. The van der Waals surface area contributed by atoms with Crippen LogP contribution in [0, 0.1) is 0 Å². The summed E-state index contributed by atoms with van der Waals surface area (Å²) in [6.45, 7) is 5.07. The molecule has 0 N–H and O–H groups in total. The molecule has 2 heterocycles. The molecule has 0 fully saturated rings. The van der Waals surface area contributed by atoms with Crippen LogP contribution in [0.2, 0.25) is 0 Å². The lowest BCUT2D eigenvalue weighted by Crippen LogP contribution is -2.25. The maximum absolute atomic E-state index is 11.5. The van der Waals surface area contributed by atoms with E-state index in [9.17, 15) is 8.42 Å². The van der Waals surface area contributed by atoms with Crippen molar-refractivity contribution in [2.24, 2.45) is 7.05 Å². The third-order valence-corrected chi connectivity index (χ3v) is 4.18. The van der Waals surface area contributed by atoms with Gasteiger partial charge in [-0.05, 0) is 5.92 Å². The van der Waals surface area contributed by atoms with E-state index < -0.39 is 10.0 Å². The van der Waals surface area contributed by atoms with Crippen molar-refractivity contribution in [3.05, 3.63) is 17.0 Å².